The molecule has 1 aromatic carbocycles. The lowest BCUT2D eigenvalue weighted by Crippen LogP contribution is -2.41. The minimum Gasteiger partial charge on any atom is -0.443 e. The summed E-state index contributed by atoms with van der Waals surface area (Å²) in [4.78, 5) is 27.1. The number of imide groups is 1. The number of fused-ring (bicyclic) bond motifs is 2. The molecular weight excluding hydrogens is 357 g/mol. The van der Waals surface area contributed by atoms with Crippen molar-refractivity contribution in [1.29, 1.82) is 0 Å². The van der Waals surface area contributed by atoms with E-state index >= 15 is 0 Å². The molecule has 4 rings (SSSR count). The standard InChI is InChI=1S/C21H28BNO5/c1-18(2,3)26-17(25)23-15-12-13(22-27-19(4,5)20(6,7)28-22)8-9-14(15)21(10-11-21)16(23)24/h8-9,12H,10-11H2,1-7H3. The molecule has 28 heavy (non-hydrogen) atoms. The zero-order valence-electron chi connectivity index (χ0n) is 17.7. The number of hydrogen-bond donors (Lipinski definition) is 0. The van der Waals surface area contributed by atoms with E-state index in [0.29, 0.717) is 5.69 Å². The first-order valence-electron chi connectivity index (χ1n) is 9.85. The molecule has 1 aliphatic carbocycles. The largest absolute Gasteiger partial charge is 0.494 e. The van der Waals surface area contributed by atoms with Crippen LogP contribution in [0.3, 0.4) is 0 Å². The van der Waals surface area contributed by atoms with Crippen molar-refractivity contribution in [2.24, 2.45) is 0 Å². The summed E-state index contributed by atoms with van der Waals surface area (Å²) < 4.78 is 17.8. The molecule has 7 heteroatoms. The Morgan fingerprint density at radius 1 is 1.11 bits per heavy atom. The van der Waals surface area contributed by atoms with E-state index in [4.69, 9.17) is 14.0 Å². The number of carbonyl (C=O) groups excluding carboxylic acids is 2. The fourth-order valence-electron chi connectivity index (χ4n) is 3.80. The molecule has 2 aliphatic heterocycles. The minimum absolute atomic E-state index is 0.192. The van der Waals surface area contributed by atoms with Gasteiger partial charge >= 0.3 is 13.2 Å². The summed E-state index contributed by atoms with van der Waals surface area (Å²) in [5.41, 5.74) is 0.0920. The highest BCUT2D eigenvalue weighted by Crippen LogP contribution is 2.57. The first-order valence-corrected chi connectivity index (χ1v) is 9.85. The summed E-state index contributed by atoms with van der Waals surface area (Å²) in [5.74, 6) is -0.192. The topological polar surface area (TPSA) is 65.1 Å². The molecule has 3 aliphatic rings. The molecule has 150 valence electrons. The zero-order chi connectivity index (χ0) is 20.7. The normalized spacial score (nSPS) is 23.9. The lowest BCUT2D eigenvalue weighted by molar-refractivity contribution is -0.120. The van der Waals surface area contributed by atoms with Gasteiger partial charge in [0, 0.05) is 0 Å². The molecule has 1 aromatic rings. The third-order valence-corrected chi connectivity index (χ3v) is 6.24. The van der Waals surface area contributed by atoms with Gasteiger partial charge in [0.25, 0.3) is 0 Å². The SMILES string of the molecule is CC(C)(C)OC(=O)N1C(=O)C2(CC2)c2ccc(B3OC(C)(C)C(C)(C)O3)cc21. The van der Waals surface area contributed by atoms with Gasteiger partial charge in [-0.3, -0.25) is 4.79 Å². The average Bonchev–Trinajstić information content (AvgIpc) is 3.24. The summed E-state index contributed by atoms with van der Waals surface area (Å²) in [6.07, 6.45) is 0.885. The zero-order valence-corrected chi connectivity index (χ0v) is 17.7. The molecule has 6 nitrogen and oxygen atoms in total. The Hall–Kier alpha value is -1.86. The Kier molecular flexibility index (Phi) is 3.89. The smallest absolute Gasteiger partial charge is 0.443 e. The van der Waals surface area contributed by atoms with E-state index in [1.54, 1.807) is 20.8 Å². The van der Waals surface area contributed by atoms with Crippen LogP contribution in [-0.4, -0.2) is 35.9 Å². The molecule has 0 unspecified atom stereocenters. The van der Waals surface area contributed by atoms with E-state index in [2.05, 4.69) is 0 Å². The van der Waals surface area contributed by atoms with E-state index in [-0.39, 0.29) is 5.91 Å². The monoisotopic (exact) mass is 385 g/mol. The lowest BCUT2D eigenvalue weighted by Gasteiger charge is -2.32. The van der Waals surface area contributed by atoms with Crippen molar-refractivity contribution in [3.8, 4) is 0 Å². The molecule has 2 heterocycles. The van der Waals surface area contributed by atoms with Gasteiger partial charge in [-0.1, -0.05) is 12.1 Å². The minimum atomic E-state index is -0.680. The summed E-state index contributed by atoms with van der Waals surface area (Å²) in [6.45, 7) is 13.4. The van der Waals surface area contributed by atoms with Gasteiger partial charge in [-0.15, -0.1) is 0 Å². The fourth-order valence-corrected chi connectivity index (χ4v) is 3.80. The number of rotatable bonds is 1. The van der Waals surface area contributed by atoms with Crippen LogP contribution in [0.1, 0.15) is 66.9 Å². The van der Waals surface area contributed by atoms with E-state index in [1.165, 1.54) is 4.90 Å². The van der Waals surface area contributed by atoms with Crippen molar-refractivity contribution in [3.63, 3.8) is 0 Å². The molecule has 2 amide bonds. The maximum Gasteiger partial charge on any atom is 0.494 e. The highest BCUT2D eigenvalue weighted by Gasteiger charge is 2.61. The third-order valence-electron chi connectivity index (χ3n) is 6.24. The van der Waals surface area contributed by atoms with Crippen molar-refractivity contribution in [2.75, 3.05) is 4.90 Å². The van der Waals surface area contributed by atoms with Crippen LogP contribution in [0.4, 0.5) is 10.5 Å². The number of hydrogen-bond acceptors (Lipinski definition) is 5. The van der Waals surface area contributed by atoms with Crippen molar-refractivity contribution < 1.29 is 23.6 Å². The summed E-state index contributed by atoms with van der Waals surface area (Å²) in [6, 6.07) is 5.71. The number of ether oxygens (including phenoxy) is 1. The van der Waals surface area contributed by atoms with Crippen molar-refractivity contribution in [1.82, 2.24) is 0 Å². The third kappa shape index (κ3) is 2.79. The second-order valence-electron chi connectivity index (χ2n) is 10.1. The van der Waals surface area contributed by atoms with Crippen LogP contribution in [0.25, 0.3) is 0 Å². The Morgan fingerprint density at radius 3 is 2.18 bits per heavy atom. The number of amides is 2. The van der Waals surface area contributed by atoms with Gasteiger partial charge in [-0.25, -0.2) is 9.69 Å². The lowest BCUT2D eigenvalue weighted by atomic mass is 9.78. The van der Waals surface area contributed by atoms with Crippen molar-refractivity contribution in [2.45, 2.75) is 83.5 Å². The second-order valence-corrected chi connectivity index (χ2v) is 10.1. The molecule has 0 N–H and O–H groups in total. The Morgan fingerprint density at radius 2 is 1.68 bits per heavy atom. The van der Waals surface area contributed by atoms with Gasteiger partial charge in [-0.05, 0) is 78.4 Å². The van der Waals surface area contributed by atoms with Gasteiger partial charge < -0.3 is 14.0 Å². The Labute approximate surface area is 166 Å². The van der Waals surface area contributed by atoms with E-state index in [0.717, 1.165) is 23.9 Å². The number of benzene rings is 1. The van der Waals surface area contributed by atoms with Crippen molar-refractivity contribution >= 4 is 30.3 Å². The quantitative estimate of drug-likeness (QED) is 0.694. The Balaban J connectivity index is 1.72. The van der Waals surface area contributed by atoms with Crippen LogP contribution in [0.15, 0.2) is 18.2 Å². The highest BCUT2D eigenvalue weighted by atomic mass is 16.7. The van der Waals surface area contributed by atoms with Crippen LogP contribution < -0.4 is 10.4 Å². The molecule has 0 radical (unpaired) electrons. The predicted molar refractivity (Wildman–Crippen MR) is 107 cm³/mol. The molecule has 0 atom stereocenters. The van der Waals surface area contributed by atoms with Gasteiger partial charge in [0.05, 0.1) is 22.3 Å². The maximum absolute atomic E-state index is 13.1. The van der Waals surface area contributed by atoms with E-state index in [1.807, 2.05) is 45.9 Å². The fraction of sp³-hybridized carbons (Fsp3) is 0.619. The molecule has 2 fully saturated rings. The molecule has 1 saturated heterocycles. The Bertz CT molecular complexity index is 850. The second kappa shape index (κ2) is 5.60. The number of carbonyl (C=O) groups is 2. The molecular formula is C21H28BNO5. The highest BCUT2D eigenvalue weighted by molar-refractivity contribution is 6.62. The van der Waals surface area contributed by atoms with E-state index < -0.39 is 35.4 Å². The summed E-state index contributed by atoms with van der Waals surface area (Å²) >= 11 is 0. The van der Waals surface area contributed by atoms with Crippen LogP contribution >= 0.6 is 0 Å². The molecule has 0 aromatic heterocycles. The molecule has 1 saturated carbocycles. The average molecular weight is 385 g/mol. The van der Waals surface area contributed by atoms with E-state index in [9.17, 15) is 9.59 Å². The van der Waals surface area contributed by atoms with Crippen LogP contribution in [0.5, 0.6) is 0 Å². The van der Waals surface area contributed by atoms with Crippen LogP contribution in [0, 0.1) is 0 Å². The first kappa shape index (κ1) is 19.5. The van der Waals surface area contributed by atoms with Crippen molar-refractivity contribution in [3.05, 3.63) is 23.8 Å². The molecule has 1 spiro atoms. The van der Waals surface area contributed by atoms with Gasteiger partial charge in [0.15, 0.2) is 0 Å². The van der Waals surface area contributed by atoms with Gasteiger partial charge in [-0.2, -0.15) is 0 Å². The maximum atomic E-state index is 13.1. The van der Waals surface area contributed by atoms with Crippen LogP contribution in [-0.2, 0) is 24.3 Å². The molecule has 0 bridgehead atoms. The van der Waals surface area contributed by atoms with Gasteiger partial charge in [0.2, 0.25) is 5.91 Å². The predicted octanol–water partition coefficient (Wildman–Crippen LogP) is 3.30. The summed E-state index contributed by atoms with van der Waals surface area (Å²) in [5, 5.41) is 0. The van der Waals surface area contributed by atoms with Crippen LogP contribution in [0.2, 0.25) is 0 Å². The number of nitrogens with zero attached hydrogens (tertiary/aromatic N) is 1. The summed E-state index contributed by atoms with van der Waals surface area (Å²) in [7, 11) is -0.554. The van der Waals surface area contributed by atoms with Gasteiger partial charge in [0.1, 0.15) is 5.60 Å². The first-order chi connectivity index (χ1) is 12.8. The number of anilines is 1.